The molecular weight excluding hydrogens is 442 g/mol. The van der Waals surface area contributed by atoms with Crippen molar-refractivity contribution < 1.29 is 0 Å². The van der Waals surface area contributed by atoms with Gasteiger partial charge in [-0.25, -0.2) is 0 Å². The Bertz CT molecular complexity index is 2320. The minimum Gasteiger partial charge on any atom is -0.351 e. The standard InChI is InChI=1S/C28H15N3O4/c29-31-20-12-10-17-21(27(34)15-7-3-1-5-13(15)25(17)32)23(20)30-19-11-9-18-22(24(19)31)28(35)16-8-4-2-6-14(16)26(18)33/h1-12,30H,29H2. The predicted molar refractivity (Wildman–Crippen MR) is 140 cm³/mol. The second-order valence-electron chi connectivity index (χ2n) is 8.67. The minimum atomic E-state index is -0.300. The van der Waals surface area contributed by atoms with Crippen molar-refractivity contribution in [1.29, 1.82) is 0 Å². The lowest BCUT2D eigenvalue weighted by atomic mass is 9.99. The Morgan fingerprint density at radius 1 is 0.543 bits per heavy atom. The predicted octanol–water partition coefficient (Wildman–Crippen LogP) is 3.33. The van der Waals surface area contributed by atoms with Crippen molar-refractivity contribution in [2.45, 2.75) is 0 Å². The summed E-state index contributed by atoms with van der Waals surface area (Å²) >= 11 is 0. The third-order valence-corrected chi connectivity index (χ3v) is 6.90. The summed E-state index contributed by atoms with van der Waals surface area (Å²) in [6.07, 6.45) is 0. The summed E-state index contributed by atoms with van der Waals surface area (Å²) in [6.45, 7) is 0. The summed E-state index contributed by atoms with van der Waals surface area (Å²) < 4.78 is 1.32. The van der Waals surface area contributed by atoms with Gasteiger partial charge in [-0.2, -0.15) is 0 Å². The topological polar surface area (TPSA) is 115 Å². The van der Waals surface area contributed by atoms with Gasteiger partial charge in [0.25, 0.3) is 0 Å². The maximum absolute atomic E-state index is 13.5. The third-order valence-electron chi connectivity index (χ3n) is 6.90. The average Bonchev–Trinajstić information content (AvgIpc) is 2.89. The fourth-order valence-corrected chi connectivity index (χ4v) is 5.28. The van der Waals surface area contributed by atoms with Crippen LogP contribution in [0.1, 0.15) is 0 Å². The number of nitrogens with two attached hydrogens (primary N) is 1. The van der Waals surface area contributed by atoms with Crippen molar-refractivity contribution in [3.8, 4) is 0 Å². The highest BCUT2D eigenvalue weighted by molar-refractivity contribution is 6.15. The highest BCUT2D eigenvalue weighted by Gasteiger charge is 2.19. The van der Waals surface area contributed by atoms with Gasteiger partial charge in [-0.3, -0.25) is 23.9 Å². The van der Waals surface area contributed by atoms with E-state index in [1.165, 1.54) is 4.68 Å². The van der Waals surface area contributed by atoms with Crippen LogP contribution in [0, 0.1) is 0 Å². The molecule has 0 unspecified atom stereocenters. The Hall–Kier alpha value is -5.04. The second-order valence-corrected chi connectivity index (χ2v) is 8.67. The van der Waals surface area contributed by atoms with Gasteiger partial charge in [0.15, 0.2) is 21.7 Å². The average molecular weight is 457 g/mol. The van der Waals surface area contributed by atoms with Crippen LogP contribution in [0.25, 0.3) is 65.2 Å². The molecule has 0 fully saturated rings. The van der Waals surface area contributed by atoms with E-state index in [4.69, 9.17) is 5.84 Å². The van der Waals surface area contributed by atoms with Gasteiger partial charge in [-0.1, -0.05) is 48.5 Å². The van der Waals surface area contributed by atoms with Crippen molar-refractivity contribution in [2.75, 3.05) is 5.84 Å². The SMILES string of the molecule is Nn1c2ccc3c(=O)c4ccccc4c(=O)c3c2[nH]c2ccc3c(=O)c4ccccc4c(=O)c3c21. The Labute approximate surface area is 194 Å². The van der Waals surface area contributed by atoms with E-state index in [2.05, 4.69) is 4.98 Å². The molecule has 7 rings (SSSR count). The van der Waals surface area contributed by atoms with E-state index in [0.29, 0.717) is 43.6 Å². The van der Waals surface area contributed by atoms with E-state index < -0.39 is 0 Å². The molecule has 7 nitrogen and oxygen atoms in total. The molecule has 0 aliphatic rings. The van der Waals surface area contributed by atoms with Crippen LogP contribution >= 0.6 is 0 Å². The summed E-state index contributed by atoms with van der Waals surface area (Å²) in [7, 11) is 0. The number of benzene rings is 6. The van der Waals surface area contributed by atoms with Gasteiger partial charge in [0.2, 0.25) is 0 Å². The molecule has 0 atom stereocenters. The van der Waals surface area contributed by atoms with Gasteiger partial charge in [-0.05, 0) is 24.3 Å². The highest BCUT2D eigenvalue weighted by Crippen LogP contribution is 2.28. The summed E-state index contributed by atoms with van der Waals surface area (Å²) in [5.74, 6) is 6.55. The third kappa shape index (κ3) is 2.33. The molecule has 166 valence electrons. The monoisotopic (exact) mass is 457 g/mol. The summed E-state index contributed by atoms with van der Waals surface area (Å²) in [4.78, 5) is 56.5. The first-order valence-electron chi connectivity index (χ1n) is 11.0. The number of aromatic amines is 1. The van der Waals surface area contributed by atoms with Crippen molar-refractivity contribution in [3.05, 3.63) is 114 Å². The van der Waals surface area contributed by atoms with Crippen LogP contribution in [0.15, 0.2) is 92.0 Å². The number of nitrogens with one attached hydrogen (secondary N) is 1. The molecule has 0 amide bonds. The minimum absolute atomic E-state index is 0.206. The van der Waals surface area contributed by atoms with E-state index >= 15 is 0 Å². The number of rotatable bonds is 0. The number of nitrogens with zero attached hydrogens (tertiary/aromatic N) is 1. The fourth-order valence-electron chi connectivity index (χ4n) is 5.28. The quantitative estimate of drug-likeness (QED) is 0.206. The van der Waals surface area contributed by atoms with Gasteiger partial charge < -0.3 is 10.8 Å². The maximum Gasteiger partial charge on any atom is 0.196 e. The number of hydrogen-bond acceptors (Lipinski definition) is 5. The number of hydrogen-bond donors (Lipinski definition) is 2. The lowest BCUT2D eigenvalue weighted by molar-refractivity contribution is 1.10. The molecule has 0 aliphatic carbocycles. The summed E-state index contributed by atoms with van der Waals surface area (Å²) in [6, 6.07) is 19.9. The molecule has 7 aromatic rings. The Morgan fingerprint density at radius 2 is 1.03 bits per heavy atom. The normalized spacial score (nSPS) is 12.0. The molecule has 0 bridgehead atoms. The molecular formula is C28H15N3O4. The van der Waals surface area contributed by atoms with Gasteiger partial charge in [0.1, 0.15) is 0 Å². The maximum atomic E-state index is 13.5. The van der Waals surface area contributed by atoms with Gasteiger partial charge >= 0.3 is 0 Å². The number of H-pyrrole nitrogens is 1. The molecule has 35 heavy (non-hydrogen) atoms. The van der Waals surface area contributed by atoms with Gasteiger partial charge in [-0.15, -0.1) is 0 Å². The van der Waals surface area contributed by atoms with Crippen LogP contribution in [-0.4, -0.2) is 9.66 Å². The van der Waals surface area contributed by atoms with Crippen molar-refractivity contribution in [1.82, 2.24) is 9.66 Å². The molecule has 1 heterocycles. The molecule has 3 N–H and O–H groups in total. The number of fused-ring (bicyclic) bond motifs is 8. The zero-order valence-electron chi connectivity index (χ0n) is 18.1. The zero-order chi connectivity index (χ0) is 24.0. The lowest BCUT2D eigenvalue weighted by Crippen LogP contribution is -2.19. The Balaban J connectivity index is 1.76. The first-order chi connectivity index (χ1) is 17.0. The largest absolute Gasteiger partial charge is 0.351 e. The summed E-state index contributed by atoms with van der Waals surface area (Å²) in [5, 5.41) is 2.37. The molecule has 7 heteroatoms. The molecule has 0 saturated carbocycles. The molecule has 0 spiro atoms. The van der Waals surface area contributed by atoms with Crippen molar-refractivity contribution in [3.63, 3.8) is 0 Å². The van der Waals surface area contributed by atoms with E-state index in [-0.39, 0.29) is 43.3 Å². The van der Waals surface area contributed by atoms with E-state index in [1.54, 1.807) is 72.8 Å². The van der Waals surface area contributed by atoms with Crippen molar-refractivity contribution >= 4 is 65.2 Å². The van der Waals surface area contributed by atoms with E-state index in [1.807, 2.05) is 0 Å². The Kier molecular flexibility index (Phi) is 3.62. The highest BCUT2D eigenvalue weighted by atomic mass is 16.1. The first kappa shape index (κ1) is 19.4. The fraction of sp³-hybridized carbons (Fsp3) is 0. The van der Waals surface area contributed by atoms with Crippen LogP contribution in [0.4, 0.5) is 0 Å². The van der Waals surface area contributed by atoms with E-state index in [0.717, 1.165) is 0 Å². The van der Waals surface area contributed by atoms with Gasteiger partial charge in [0, 0.05) is 32.3 Å². The molecule has 0 aliphatic heterocycles. The first-order valence-corrected chi connectivity index (χ1v) is 11.0. The number of nitrogen functional groups attached to an aromatic ring is 1. The second kappa shape index (κ2) is 6.51. The molecule has 6 aromatic carbocycles. The van der Waals surface area contributed by atoms with Crippen LogP contribution < -0.4 is 27.6 Å². The lowest BCUT2D eigenvalue weighted by Gasteiger charge is -2.14. The zero-order valence-corrected chi connectivity index (χ0v) is 18.1. The van der Waals surface area contributed by atoms with Crippen molar-refractivity contribution in [2.24, 2.45) is 0 Å². The van der Waals surface area contributed by atoms with Crippen LogP contribution in [-0.2, 0) is 0 Å². The van der Waals surface area contributed by atoms with Crippen LogP contribution in [0.5, 0.6) is 0 Å². The molecule has 0 radical (unpaired) electrons. The van der Waals surface area contributed by atoms with Gasteiger partial charge in [0.05, 0.1) is 32.8 Å². The molecule has 0 saturated heterocycles. The smallest absolute Gasteiger partial charge is 0.196 e. The Morgan fingerprint density at radius 3 is 1.63 bits per heavy atom. The number of aromatic nitrogens is 2. The van der Waals surface area contributed by atoms with Crippen LogP contribution in [0.2, 0.25) is 0 Å². The summed E-state index contributed by atoms with van der Waals surface area (Å²) in [5.41, 5.74) is 0.548. The van der Waals surface area contributed by atoms with Crippen LogP contribution in [0.3, 0.4) is 0 Å². The van der Waals surface area contributed by atoms with E-state index in [9.17, 15) is 19.2 Å². The molecule has 1 aromatic heterocycles.